The van der Waals surface area contributed by atoms with Crippen molar-refractivity contribution >= 4 is 5.82 Å². The van der Waals surface area contributed by atoms with Crippen molar-refractivity contribution in [3.63, 3.8) is 0 Å². The summed E-state index contributed by atoms with van der Waals surface area (Å²) < 4.78 is 7.07. The van der Waals surface area contributed by atoms with Crippen LogP contribution in [0.1, 0.15) is 25.1 Å². The van der Waals surface area contributed by atoms with Gasteiger partial charge in [-0.3, -0.25) is 4.68 Å². The van der Waals surface area contributed by atoms with Crippen LogP contribution in [0, 0.1) is 6.92 Å². The first-order valence-electron chi connectivity index (χ1n) is 6.01. The Morgan fingerprint density at radius 2 is 2.12 bits per heavy atom. The predicted octanol–water partition coefficient (Wildman–Crippen LogP) is 1.05. The Morgan fingerprint density at radius 1 is 1.47 bits per heavy atom. The molecule has 17 heavy (non-hydrogen) atoms. The number of ether oxygens (including phenoxy) is 1. The van der Waals surface area contributed by atoms with Crippen LogP contribution in [0.25, 0.3) is 0 Å². The first kappa shape index (κ1) is 14.0. The molecular weight excluding hydrogens is 216 g/mol. The van der Waals surface area contributed by atoms with Crippen LogP contribution in [-0.4, -0.2) is 36.1 Å². The SMILES string of the molecule is COCCN(c1c(CN)c(C)nn1C)C(C)C. The van der Waals surface area contributed by atoms with E-state index in [0.717, 1.165) is 23.6 Å². The van der Waals surface area contributed by atoms with Crippen molar-refractivity contribution in [2.75, 3.05) is 25.2 Å². The van der Waals surface area contributed by atoms with Crippen molar-refractivity contribution < 1.29 is 4.74 Å². The van der Waals surface area contributed by atoms with Crippen LogP contribution in [0.2, 0.25) is 0 Å². The normalized spacial score (nSPS) is 11.2. The number of methoxy groups -OCH3 is 1. The first-order chi connectivity index (χ1) is 8.02. The summed E-state index contributed by atoms with van der Waals surface area (Å²) in [6.07, 6.45) is 0. The van der Waals surface area contributed by atoms with Crippen molar-refractivity contribution in [2.45, 2.75) is 33.4 Å². The van der Waals surface area contributed by atoms with Gasteiger partial charge in [-0.15, -0.1) is 0 Å². The molecule has 0 spiro atoms. The molecule has 1 rings (SSSR count). The predicted molar refractivity (Wildman–Crippen MR) is 70.2 cm³/mol. The Balaban J connectivity index is 3.08. The zero-order valence-electron chi connectivity index (χ0n) is 11.5. The van der Waals surface area contributed by atoms with E-state index in [0.29, 0.717) is 19.2 Å². The third kappa shape index (κ3) is 2.98. The van der Waals surface area contributed by atoms with Crippen molar-refractivity contribution in [2.24, 2.45) is 12.8 Å². The number of rotatable bonds is 6. The summed E-state index contributed by atoms with van der Waals surface area (Å²) in [4.78, 5) is 2.28. The second-order valence-electron chi connectivity index (χ2n) is 4.50. The lowest BCUT2D eigenvalue weighted by molar-refractivity contribution is 0.203. The van der Waals surface area contributed by atoms with E-state index in [4.69, 9.17) is 10.5 Å². The number of nitrogens with two attached hydrogens (primary N) is 1. The molecule has 0 atom stereocenters. The van der Waals surface area contributed by atoms with Gasteiger partial charge in [0.15, 0.2) is 0 Å². The average molecular weight is 240 g/mol. The Kier molecular flexibility index (Phi) is 4.96. The van der Waals surface area contributed by atoms with Gasteiger partial charge in [-0.2, -0.15) is 5.10 Å². The fraction of sp³-hybridized carbons (Fsp3) is 0.750. The smallest absolute Gasteiger partial charge is 0.131 e. The Bertz CT molecular complexity index is 360. The van der Waals surface area contributed by atoms with Gasteiger partial charge < -0.3 is 15.4 Å². The molecule has 0 amide bonds. The molecule has 0 unspecified atom stereocenters. The zero-order chi connectivity index (χ0) is 13.0. The minimum absolute atomic E-state index is 0.394. The molecule has 0 fully saturated rings. The quantitative estimate of drug-likeness (QED) is 0.807. The largest absolute Gasteiger partial charge is 0.383 e. The molecule has 1 aromatic heterocycles. The van der Waals surface area contributed by atoms with Gasteiger partial charge in [0.1, 0.15) is 5.82 Å². The Hall–Kier alpha value is -1.07. The molecule has 2 N–H and O–H groups in total. The van der Waals surface area contributed by atoms with E-state index in [1.807, 2.05) is 18.7 Å². The maximum absolute atomic E-state index is 5.82. The van der Waals surface area contributed by atoms with Gasteiger partial charge in [0.25, 0.3) is 0 Å². The molecule has 0 aliphatic carbocycles. The molecule has 0 aliphatic rings. The molecule has 98 valence electrons. The Labute approximate surface area is 104 Å². The third-order valence-corrected chi connectivity index (χ3v) is 2.95. The maximum Gasteiger partial charge on any atom is 0.131 e. The molecular formula is C12H24N4O. The lowest BCUT2D eigenvalue weighted by Gasteiger charge is -2.29. The summed E-state index contributed by atoms with van der Waals surface area (Å²) in [5, 5.41) is 4.45. The van der Waals surface area contributed by atoms with Gasteiger partial charge in [0, 0.05) is 38.9 Å². The summed E-state index contributed by atoms with van der Waals surface area (Å²) in [6.45, 7) is 8.40. The number of hydrogen-bond acceptors (Lipinski definition) is 4. The van der Waals surface area contributed by atoms with Crippen molar-refractivity contribution in [3.8, 4) is 0 Å². The molecule has 1 heterocycles. The van der Waals surface area contributed by atoms with Crippen LogP contribution >= 0.6 is 0 Å². The second kappa shape index (κ2) is 6.02. The van der Waals surface area contributed by atoms with Crippen molar-refractivity contribution in [1.29, 1.82) is 0 Å². The number of hydrogen-bond donors (Lipinski definition) is 1. The van der Waals surface area contributed by atoms with Crippen molar-refractivity contribution in [3.05, 3.63) is 11.3 Å². The molecule has 1 aromatic rings. The molecule has 0 aliphatic heterocycles. The third-order valence-electron chi connectivity index (χ3n) is 2.95. The van der Waals surface area contributed by atoms with E-state index in [2.05, 4.69) is 23.8 Å². The lowest BCUT2D eigenvalue weighted by atomic mass is 10.2. The molecule has 5 heteroatoms. The van der Waals surface area contributed by atoms with Crippen molar-refractivity contribution in [1.82, 2.24) is 9.78 Å². The van der Waals surface area contributed by atoms with E-state index >= 15 is 0 Å². The van der Waals surface area contributed by atoms with Crippen LogP contribution in [-0.2, 0) is 18.3 Å². The van der Waals surface area contributed by atoms with Crippen LogP contribution in [0.4, 0.5) is 5.82 Å². The van der Waals surface area contributed by atoms with E-state index in [1.54, 1.807) is 7.11 Å². The van der Waals surface area contributed by atoms with Gasteiger partial charge in [-0.1, -0.05) is 0 Å². The first-order valence-corrected chi connectivity index (χ1v) is 6.01. The van der Waals surface area contributed by atoms with Gasteiger partial charge in [0.2, 0.25) is 0 Å². The molecule has 0 aromatic carbocycles. The lowest BCUT2D eigenvalue weighted by Crippen LogP contribution is -2.36. The Morgan fingerprint density at radius 3 is 2.59 bits per heavy atom. The van der Waals surface area contributed by atoms with Gasteiger partial charge in [0.05, 0.1) is 12.3 Å². The topological polar surface area (TPSA) is 56.3 Å². The highest BCUT2D eigenvalue weighted by molar-refractivity contribution is 5.50. The zero-order valence-corrected chi connectivity index (χ0v) is 11.5. The minimum atomic E-state index is 0.394. The van der Waals surface area contributed by atoms with E-state index in [-0.39, 0.29) is 0 Å². The van der Waals surface area contributed by atoms with Crippen LogP contribution < -0.4 is 10.6 Å². The number of anilines is 1. The number of nitrogens with zero attached hydrogens (tertiary/aromatic N) is 3. The molecule has 0 radical (unpaired) electrons. The molecule has 5 nitrogen and oxygen atoms in total. The fourth-order valence-corrected chi connectivity index (χ4v) is 2.09. The van der Waals surface area contributed by atoms with E-state index < -0.39 is 0 Å². The van der Waals surface area contributed by atoms with E-state index in [1.165, 1.54) is 0 Å². The highest BCUT2D eigenvalue weighted by atomic mass is 16.5. The van der Waals surface area contributed by atoms with E-state index in [9.17, 15) is 0 Å². The van der Waals surface area contributed by atoms with Gasteiger partial charge in [-0.25, -0.2) is 0 Å². The monoisotopic (exact) mass is 240 g/mol. The fourth-order valence-electron chi connectivity index (χ4n) is 2.09. The van der Waals surface area contributed by atoms with Crippen LogP contribution in [0.5, 0.6) is 0 Å². The van der Waals surface area contributed by atoms with Gasteiger partial charge in [-0.05, 0) is 20.8 Å². The minimum Gasteiger partial charge on any atom is -0.383 e. The average Bonchev–Trinajstić information content (AvgIpc) is 2.54. The summed E-state index contributed by atoms with van der Waals surface area (Å²) in [7, 11) is 3.68. The molecule has 0 bridgehead atoms. The molecule has 0 saturated carbocycles. The molecule has 0 saturated heterocycles. The summed E-state index contributed by atoms with van der Waals surface area (Å²) in [5.41, 5.74) is 7.95. The summed E-state index contributed by atoms with van der Waals surface area (Å²) in [6, 6.07) is 0.394. The highest BCUT2D eigenvalue weighted by Crippen LogP contribution is 2.24. The highest BCUT2D eigenvalue weighted by Gasteiger charge is 2.20. The van der Waals surface area contributed by atoms with Crippen LogP contribution in [0.15, 0.2) is 0 Å². The summed E-state index contributed by atoms with van der Waals surface area (Å²) >= 11 is 0. The van der Waals surface area contributed by atoms with Gasteiger partial charge >= 0.3 is 0 Å². The van der Waals surface area contributed by atoms with Crippen LogP contribution in [0.3, 0.4) is 0 Å². The number of aromatic nitrogens is 2. The number of aryl methyl sites for hydroxylation is 2. The summed E-state index contributed by atoms with van der Waals surface area (Å²) in [5.74, 6) is 1.11. The maximum atomic E-state index is 5.82. The second-order valence-corrected chi connectivity index (χ2v) is 4.50. The standard InChI is InChI=1S/C12H24N4O/c1-9(2)16(6-7-17-5)12-11(8-13)10(3)14-15(12)4/h9H,6-8,13H2,1-5H3.